The number of phosphoric acid groups is 2. The van der Waals surface area contributed by atoms with Gasteiger partial charge in [0.15, 0.2) is 0 Å². The largest absolute Gasteiger partial charge is 0.470 e. The van der Waals surface area contributed by atoms with Gasteiger partial charge in [-0.3, -0.25) is 9.05 Å². The molecule has 0 aromatic heterocycles. The van der Waals surface area contributed by atoms with Gasteiger partial charge in [-0.05, 0) is 6.42 Å². The molecule has 0 unspecified atom stereocenters. The van der Waals surface area contributed by atoms with Crippen molar-refractivity contribution < 1.29 is 58.2 Å². The lowest BCUT2D eigenvalue weighted by Gasteiger charge is -2.49. The van der Waals surface area contributed by atoms with E-state index in [1.54, 1.807) is 0 Å². The fraction of sp³-hybridized carbons (Fsp3) is 1.00. The van der Waals surface area contributed by atoms with E-state index in [0.717, 1.165) is 0 Å². The second-order valence-corrected chi connectivity index (χ2v) is 7.23. The standard InChI is InChI=1S/C8H18O12P2.2H3N/c1-2-8(12)6(11)3(9)5(19-21(13,14)15)4(10)7(8)20-22(16,17)18;;/h3-7,9-12H,2H2,1H3,(H2,13,14,15)(H2,16,17,18);2*1H3/t3-,4-,5+,6-,7+,8+;;/m0../s1. The molecule has 1 aliphatic carbocycles. The van der Waals surface area contributed by atoms with Gasteiger partial charge in [0.05, 0.1) is 0 Å². The molecule has 0 heterocycles. The Kier molecular flexibility index (Phi) is 9.37. The highest BCUT2D eigenvalue weighted by Gasteiger charge is 2.61. The van der Waals surface area contributed by atoms with Crippen LogP contribution in [0.25, 0.3) is 0 Å². The number of hydrogen-bond acceptors (Lipinski definition) is 10. The molecule has 0 aromatic rings. The number of hydrogen-bond donors (Lipinski definition) is 10. The molecule has 0 amide bonds. The Bertz CT molecular complexity index is 495. The summed E-state index contributed by atoms with van der Waals surface area (Å²) >= 11 is 0. The molecule has 0 radical (unpaired) electrons. The van der Waals surface area contributed by atoms with Crippen LogP contribution < -0.4 is 12.3 Å². The molecule has 0 aliphatic heterocycles. The maximum absolute atomic E-state index is 10.9. The first-order valence-electron chi connectivity index (χ1n) is 5.97. The number of aliphatic hydroxyl groups excluding tert-OH is 3. The Morgan fingerprint density at radius 1 is 0.917 bits per heavy atom. The lowest BCUT2D eigenvalue weighted by Crippen LogP contribution is -2.71. The van der Waals surface area contributed by atoms with E-state index in [9.17, 15) is 29.6 Å². The van der Waals surface area contributed by atoms with E-state index >= 15 is 0 Å². The average molecular weight is 402 g/mol. The summed E-state index contributed by atoms with van der Waals surface area (Å²) in [6.07, 6.45) is -11.3. The van der Waals surface area contributed by atoms with Gasteiger partial charge in [0.2, 0.25) is 0 Å². The first kappa shape index (κ1) is 26.2. The van der Waals surface area contributed by atoms with Crippen molar-refractivity contribution in [1.29, 1.82) is 0 Å². The lowest BCUT2D eigenvalue weighted by atomic mass is 9.73. The van der Waals surface area contributed by atoms with E-state index in [4.69, 9.17) is 19.6 Å². The van der Waals surface area contributed by atoms with Crippen molar-refractivity contribution in [2.75, 3.05) is 0 Å². The average Bonchev–Trinajstić information content (AvgIpc) is 2.35. The highest BCUT2D eigenvalue weighted by atomic mass is 31.2. The van der Waals surface area contributed by atoms with E-state index in [1.165, 1.54) is 6.92 Å². The molecule has 24 heavy (non-hydrogen) atoms. The van der Waals surface area contributed by atoms with Crippen LogP contribution in [0.5, 0.6) is 0 Å². The zero-order valence-corrected chi connectivity index (χ0v) is 14.4. The second-order valence-electron chi connectivity index (χ2n) is 4.85. The Hall–Kier alpha value is -0.0200. The van der Waals surface area contributed by atoms with E-state index in [1.807, 2.05) is 0 Å². The first-order chi connectivity index (χ1) is 9.73. The van der Waals surface area contributed by atoms with Crippen molar-refractivity contribution in [3.05, 3.63) is 0 Å². The van der Waals surface area contributed by atoms with Gasteiger partial charge in [-0.25, -0.2) is 9.13 Å². The summed E-state index contributed by atoms with van der Waals surface area (Å²) in [5, 5.41) is 39.8. The molecule has 0 bridgehead atoms. The summed E-state index contributed by atoms with van der Waals surface area (Å²) < 4.78 is 30.1. The molecule has 14 N–H and O–H groups in total. The molecule has 1 fully saturated rings. The van der Waals surface area contributed by atoms with Crippen LogP contribution in [0, 0.1) is 0 Å². The third-order valence-corrected chi connectivity index (χ3v) is 4.41. The van der Waals surface area contributed by atoms with Crippen molar-refractivity contribution in [3.8, 4) is 0 Å². The fourth-order valence-electron chi connectivity index (χ4n) is 2.31. The van der Waals surface area contributed by atoms with Gasteiger partial charge in [0.1, 0.15) is 36.1 Å². The molecule has 1 aliphatic rings. The summed E-state index contributed by atoms with van der Waals surface area (Å²) in [4.78, 5) is 35.1. The van der Waals surface area contributed by atoms with Crippen LogP contribution in [-0.4, -0.2) is 76.1 Å². The molecule has 0 saturated heterocycles. The molecule has 6 atom stereocenters. The van der Waals surface area contributed by atoms with Crippen LogP contribution in [0.4, 0.5) is 0 Å². The predicted molar refractivity (Wildman–Crippen MR) is 77.1 cm³/mol. The lowest BCUT2D eigenvalue weighted by molar-refractivity contribution is -0.261. The summed E-state index contributed by atoms with van der Waals surface area (Å²) in [6, 6.07) is 0. The van der Waals surface area contributed by atoms with Crippen molar-refractivity contribution >= 4 is 15.6 Å². The quantitative estimate of drug-likeness (QED) is 0.213. The molecule has 1 rings (SSSR count). The van der Waals surface area contributed by atoms with Gasteiger partial charge in [-0.2, -0.15) is 0 Å². The maximum Gasteiger partial charge on any atom is 0.470 e. The Morgan fingerprint density at radius 3 is 1.67 bits per heavy atom. The van der Waals surface area contributed by atoms with Gasteiger partial charge >= 0.3 is 15.6 Å². The van der Waals surface area contributed by atoms with Crippen molar-refractivity contribution in [2.45, 2.75) is 49.5 Å². The zero-order valence-electron chi connectivity index (χ0n) is 12.6. The van der Waals surface area contributed by atoms with Gasteiger partial charge in [-0.1, -0.05) is 6.92 Å². The Morgan fingerprint density at radius 2 is 1.33 bits per heavy atom. The topological polar surface area (TPSA) is 284 Å². The summed E-state index contributed by atoms with van der Waals surface area (Å²) in [5.41, 5.74) is -2.49. The minimum absolute atomic E-state index is 0. The molecular weight excluding hydrogens is 378 g/mol. The predicted octanol–water partition coefficient (Wildman–Crippen LogP) is -2.50. The Balaban J connectivity index is 0. The minimum Gasteiger partial charge on any atom is -0.387 e. The highest BCUT2D eigenvalue weighted by molar-refractivity contribution is 7.46. The maximum atomic E-state index is 10.9. The molecule has 0 aromatic carbocycles. The van der Waals surface area contributed by atoms with Gasteiger partial charge in [0.25, 0.3) is 0 Å². The van der Waals surface area contributed by atoms with Gasteiger partial charge in [-0.15, -0.1) is 0 Å². The van der Waals surface area contributed by atoms with E-state index in [0.29, 0.717) is 0 Å². The van der Waals surface area contributed by atoms with E-state index < -0.39 is 58.2 Å². The van der Waals surface area contributed by atoms with E-state index in [-0.39, 0.29) is 12.3 Å². The molecule has 1 saturated carbocycles. The summed E-state index contributed by atoms with van der Waals surface area (Å²) in [7, 11) is -10.5. The van der Waals surface area contributed by atoms with Crippen molar-refractivity contribution in [2.24, 2.45) is 0 Å². The molecule has 0 spiro atoms. The Labute approximate surface area is 136 Å². The molecule has 14 nitrogen and oxygen atoms in total. The summed E-state index contributed by atoms with van der Waals surface area (Å²) in [6.45, 7) is 1.27. The zero-order chi connectivity index (χ0) is 17.5. The van der Waals surface area contributed by atoms with Crippen molar-refractivity contribution in [3.63, 3.8) is 0 Å². The van der Waals surface area contributed by atoms with Crippen LogP contribution in [0.1, 0.15) is 13.3 Å². The van der Waals surface area contributed by atoms with Crippen LogP contribution in [0.3, 0.4) is 0 Å². The fourth-order valence-corrected chi connectivity index (χ4v) is 3.48. The van der Waals surface area contributed by atoms with Crippen LogP contribution in [-0.2, 0) is 18.2 Å². The highest BCUT2D eigenvalue weighted by Crippen LogP contribution is 2.48. The van der Waals surface area contributed by atoms with Crippen LogP contribution >= 0.6 is 15.6 Å². The first-order valence-corrected chi connectivity index (χ1v) is 9.03. The summed E-state index contributed by atoms with van der Waals surface area (Å²) in [5.74, 6) is 0. The molecule has 16 heteroatoms. The monoisotopic (exact) mass is 402 g/mol. The SMILES string of the molecule is CC[C@]1(O)[C@H](OP(=O)(O)O)[C@@H](O)[C@H](OP(=O)(O)O)[C@H](O)[C@@H]1O.N.N. The number of phosphoric ester groups is 2. The number of rotatable bonds is 5. The third kappa shape index (κ3) is 5.76. The smallest absolute Gasteiger partial charge is 0.387 e. The minimum atomic E-state index is -5.25. The second kappa shape index (κ2) is 8.58. The third-order valence-electron chi connectivity index (χ3n) is 3.39. The van der Waals surface area contributed by atoms with Crippen LogP contribution in [0.2, 0.25) is 0 Å². The molecule has 148 valence electrons. The normalized spacial score (nSPS) is 37.3. The van der Waals surface area contributed by atoms with Gasteiger partial charge in [0, 0.05) is 0 Å². The van der Waals surface area contributed by atoms with Gasteiger partial charge < -0.3 is 52.3 Å². The van der Waals surface area contributed by atoms with E-state index in [2.05, 4.69) is 9.05 Å². The molecular formula is C8H24N2O12P2. The van der Waals surface area contributed by atoms with Crippen LogP contribution in [0.15, 0.2) is 0 Å². The number of aliphatic hydroxyl groups is 4. The van der Waals surface area contributed by atoms with Crippen molar-refractivity contribution in [1.82, 2.24) is 12.3 Å².